The van der Waals surface area contributed by atoms with E-state index < -0.39 is 70.9 Å². The van der Waals surface area contributed by atoms with E-state index in [4.69, 9.17) is 25.2 Å². The summed E-state index contributed by atoms with van der Waals surface area (Å²) in [5, 5.41) is 48.5. The first-order valence-electron chi connectivity index (χ1n) is 6.78. The number of carboxylic acid groups (broad SMARTS) is 1. The summed E-state index contributed by atoms with van der Waals surface area (Å²) < 4.78 is 38.8. The Hall–Kier alpha value is -1.23. The molecule has 0 aliphatic carbocycles. The lowest BCUT2D eigenvalue weighted by Crippen LogP contribution is -2.71. The highest BCUT2D eigenvalue weighted by Gasteiger charge is 2.61. The number of rotatable bonds is 7. The van der Waals surface area contributed by atoms with E-state index in [1.54, 1.807) is 0 Å². The second kappa shape index (κ2) is 7.56. The Morgan fingerprint density at radius 2 is 1.92 bits per heavy atom. The van der Waals surface area contributed by atoms with E-state index in [1.807, 2.05) is 0 Å². The van der Waals surface area contributed by atoms with Crippen LogP contribution < -0.4 is 5.73 Å². The molecule has 0 spiro atoms. The highest BCUT2D eigenvalue weighted by Crippen LogP contribution is 2.35. The van der Waals surface area contributed by atoms with Crippen LogP contribution in [0.1, 0.15) is 6.92 Å². The van der Waals surface area contributed by atoms with Crippen molar-refractivity contribution >= 4 is 22.2 Å². The van der Waals surface area contributed by atoms with Crippen LogP contribution in [0.4, 0.5) is 0 Å². The molecule has 2 unspecified atom stereocenters. The Balaban J connectivity index is 3.23. The summed E-state index contributed by atoms with van der Waals surface area (Å²) in [6, 6.07) is -1.68. The summed E-state index contributed by atoms with van der Waals surface area (Å²) in [5.74, 6) is -8.34. The lowest BCUT2D eigenvalue weighted by Gasteiger charge is -2.47. The predicted molar refractivity (Wildman–Crippen MR) is 75.1 cm³/mol. The molecule has 8 N–H and O–H groups in total. The molecule has 0 aromatic heterocycles. The van der Waals surface area contributed by atoms with Crippen molar-refractivity contribution in [1.82, 2.24) is 0 Å². The van der Waals surface area contributed by atoms with Gasteiger partial charge >= 0.3 is 16.4 Å². The Labute approximate surface area is 141 Å². The number of aliphatic carboxylic acids is 1. The first kappa shape index (κ1) is 21.8. The van der Waals surface area contributed by atoms with Crippen LogP contribution in [0, 0.1) is 5.92 Å². The number of nitrogens with two attached hydrogens (primary N) is 1. The maximum Gasteiger partial charge on any atom is 0.397 e. The maximum atomic E-state index is 11.6. The van der Waals surface area contributed by atoms with Crippen molar-refractivity contribution in [2.75, 3.05) is 6.61 Å². The average molecular weight is 389 g/mol. The van der Waals surface area contributed by atoms with E-state index in [2.05, 4.69) is 4.18 Å². The summed E-state index contributed by atoms with van der Waals surface area (Å²) in [4.78, 5) is 22.9. The van der Waals surface area contributed by atoms with E-state index in [0.717, 1.165) is 6.92 Å². The third-order valence-electron chi connectivity index (χ3n) is 3.74. The zero-order valence-corrected chi connectivity index (χ0v) is 13.6. The van der Waals surface area contributed by atoms with Gasteiger partial charge in [-0.15, -0.1) is 0 Å². The van der Waals surface area contributed by atoms with Gasteiger partial charge in [0.1, 0.15) is 30.0 Å². The molecule has 0 saturated carbocycles. The molecule has 1 fully saturated rings. The Morgan fingerprint density at radius 1 is 1.40 bits per heavy atom. The number of ether oxygens (including phenoxy) is 1. The second-order valence-electron chi connectivity index (χ2n) is 5.48. The third kappa shape index (κ3) is 4.49. The molecule has 7 atom stereocenters. The minimum absolute atomic E-state index is 0.868. The van der Waals surface area contributed by atoms with E-state index >= 15 is 0 Å². The van der Waals surface area contributed by atoms with Crippen molar-refractivity contribution in [1.29, 1.82) is 0 Å². The smallest absolute Gasteiger partial charge is 0.397 e. The molecule has 1 heterocycles. The van der Waals surface area contributed by atoms with Gasteiger partial charge in [0.05, 0.1) is 18.8 Å². The van der Waals surface area contributed by atoms with E-state index in [1.165, 1.54) is 0 Å². The van der Waals surface area contributed by atoms with Gasteiger partial charge in [-0.2, -0.15) is 8.42 Å². The second-order valence-corrected chi connectivity index (χ2v) is 6.52. The van der Waals surface area contributed by atoms with Crippen LogP contribution >= 0.6 is 0 Å². The number of carbonyl (C=O) groups is 2. The van der Waals surface area contributed by atoms with Crippen LogP contribution in [0.3, 0.4) is 0 Å². The number of aliphatic hydroxyl groups is 4. The van der Waals surface area contributed by atoms with Gasteiger partial charge in [0, 0.05) is 0 Å². The standard InChI is InChI=1S/C11H19NO12S/c1-3(14)5-8(16)6(12)9(23-11(5,19)10(17)18)7(15)4(2-13)24-25(20,21)22/h4-9,13,15-16,19H,2,12H2,1H3,(H,17,18)(H,20,21,22)/t4-,5?,6-,7-,8+,9-,11?/m1/s1. The van der Waals surface area contributed by atoms with Crippen LogP contribution in [0.15, 0.2) is 0 Å². The normalized spacial score (nSPS) is 35.8. The molecule has 0 aromatic carbocycles. The van der Waals surface area contributed by atoms with Crippen LogP contribution in [-0.2, 0) is 28.9 Å². The van der Waals surface area contributed by atoms with Crippen LogP contribution in [0.5, 0.6) is 0 Å². The Bertz CT molecular complexity index is 623. The highest BCUT2D eigenvalue weighted by atomic mass is 32.3. The molecule has 0 bridgehead atoms. The molecular weight excluding hydrogens is 370 g/mol. The minimum Gasteiger partial charge on any atom is -0.477 e. The molecule has 1 aliphatic heterocycles. The summed E-state index contributed by atoms with van der Waals surface area (Å²) in [6.07, 6.45) is -8.26. The van der Waals surface area contributed by atoms with Gasteiger partial charge in [-0.05, 0) is 6.92 Å². The molecule has 13 nitrogen and oxygen atoms in total. The topological polar surface area (TPSA) is 234 Å². The minimum atomic E-state index is -5.13. The maximum absolute atomic E-state index is 11.6. The molecule has 1 rings (SSSR count). The van der Waals surface area contributed by atoms with Crippen molar-refractivity contribution in [3.05, 3.63) is 0 Å². The lowest BCUT2D eigenvalue weighted by atomic mass is 9.79. The third-order valence-corrected chi connectivity index (χ3v) is 4.23. The van der Waals surface area contributed by atoms with Crippen LogP contribution in [0.25, 0.3) is 0 Å². The molecular formula is C11H19NO12S. The SMILES string of the molecule is CC(=O)C1[C@H](O)[C@@H](N)[C@H]([C@H](O)[C@@H](CO)OS(=O)(=O)O)OC1(O)C(=O)O. The number of hydrogen-bond donors (Lipinski definition) is 7. The van der Waals surface area contributed by atoms with Gasteiger partial charge in [-0.3, -0.25) is 9.35 Å². The van der Waals surface area contributed by atoms with Gasteiger partial charge in [-0.1, -0.05) is 0 Å². The van der Waals surface area contributed by atoms with Crippen molar-refractivity contribution in [3.63, 3.8) is 0 Å². The zero-order valence-electron chi connectivity index (χ0n) is 12.8. The molecule has 1 aliphatic rings. The first-order valence-corrected chi connectivity index (χ1v) is 8.15. The van der Waals surface area contributed by atoms with Gasteiger partial charge in [-0.25, -0.2) is 8.98 Å². The first-order chi connectivity index (χ1) is 11.3. The van der Waals surface area contributed by atoms with E-state index in [-0.39, 0.29) is 0 Å². The van der Waals surface area contributed by atoms with Crippen LogP contribution in [0.2, 0.25) is 0 Å². The van der Waals surface area contributed by atoms with Crippen molar-refractivity contribution in [2.45, 2.75) is 43.2 Å². The molecule has 1 saturated heterocycles. The average Bonchev–Trinajstić information content (AvgIpc) is 2.46. The fraction of sp³-hybridized carbons (Fsp3) is 0.818. The summed E-state index contributed by atoms with van der Waals surface area (Å²) in [5.41, 5.74) is 5.59. The van der Waals surface area contributed by atoms with Crippen LogP contribution in [-0.4, -0.2) is 93.1 Å². The van der Waals surface area contributed by atoms with Gasteiger partial charge < -0.3 is 36.0 Å². The van der Waals surface area contributed by atoms with Gasteiger partial charge in [0.15, 0.2) is 0 Å². The molecule has 25 heavy (non-hydrogen) atoms. The largest absolute Gasteiger partial charge is 0.477 e. The number of carbonyl (C=O) groups excluding carboxylic acids is 1. The van der Waals surface area contributed by atoms with Gasteiger partial charge in [0.2, 0.25) is 0 Å². The summed E-state index contributed by atoms with van der Waals surface area (Å²) in [7, 11) is -5.13. The van der Waals surface area contributed by atoms with Crippen molar-refractivity contribution < 1.29 is 57.0 Å². The summed E-state index contributed by atoms with van der Waals surface area (Å²) in [6.45, 7) is -0.322. The fourth-order valence-corrected chi connectivity index (χ4v) is 3.05. The number of Topliss-reactive ketones (excluding diaryl/α,β-unsaturated/α-hetero) is 1. The number of hydrogen-bond acceptors (Lipinski definition) is 11. The molecule has 0 amide bonds. The number of aliphatic hydroxyl groups excluding tert-OH is 3. The Kier molecular flexibility index (Phi) is 6.60. The van der Waals surface area contributed by atoms with Crippen molar-refractivity contribution in [2.24, 2.45) is 11.7 Å². The number of ketones is 1. The summed E-state index contributed by atoms with van der Waals surface area (Å²) >= 11 is 0. The highest BCUT2D eigenvalue weighted by molar-refractivity contribution is 7.80. The van der Waals surface area contributed by atoms with Gasteiger partial charge in [0.25, 0.3) is 5.79 Å². The van der Waals surface area contributed by atoms with E-state index in [9.17, 15) is 33.3 Å². The monoisotopic (exact) mass is 389 g/mol. The predicted octanol–water partition coefficient (Wildman–Crippen LogP) is -4.41. The lowest BCUT2D eigenvalue weighted by molar-refractivity contribution is -0.310. The quantitative estimate of drug-likeness (QED) is 0.204. The molecule has 0 aromatic rings. The molecule has 14 heteroatoms. The zero-order chi connectivity index (χ0) is 19.7. The van der Waals surface area contributed by atoms with E-state index in [0.29, 0.717) is 0 Å². The number of carboxylic acids is 1. The molecule has 146 valence electrons. The Morgan fingerprint density at radius 3 is 2.28 bits per heavy atom. The molecule has 0 radical (unpaired) electrons. The van der Waals surface area contributed by atoms with Crippen molar-refractivity contribution in [3.8, 4) is 0 Å². The fourth-order valence-electron chi connectivity index (χ4n) is 2.57.